The maximum absolute atomic E-state index is 12.9. The number of piperidine rings is 2. The maximum Gasteiger partial charge on any atom is 0.255 e. The van der Waals surface area contributed by atoms with Gasteiger partial charge in [-0.05, 0) is 62.9 Å². The number of nitrogens with one attached hydrogen (secondary N) is 2. The van der Waals surface area contributed by atoms with E-state index in [0.29, 0.717) is 34.7 Å². The van der Waals surface area contributed by atoms with Crippen molar-refractivity contribution in [2.45, 2.75) is 38.1 Å². The lowest BCUT2D eigenvalue weighted by atomic mass is 9.83. The van der Waals surface area contributed by atoms with E-state index in [9.17, 15) is 4.79 Å². The molecule has 156 valence electrons. The molecule has 1 amide bonds. The number of rotatable bonds is 6. The van der Waals surface area contributed by atoms with Gasteiger partial charge in [-0.25, -0.2) is 0 Å². The molecule has 1 aromatic carbocycles. The Morgan fingerprint density at radius 3 is 2.83 bits per heavy atom. The van der Waals surface area contributed by atoms with Gasteiger partial charge >= 0.3 is 0 Å². The number of carbonyl (C=O) groups excluding carboxylic acids is 1. The van der Waals surface area contributed by atoms with E-state index in [1.54, 1.807) is 20.4 Å². The summed E-state index contributed by atoms with van der Waals surface area (Å²) in [7, 11) is 3.20. The largest absolute Gasteiger partial charge is 0.493 e. The zero-order valence-electron chi connectivity index (χ0n) is 17.2. The predicted octanol–water partition coefficient (Wildman–Crippen LogP) is 3.09. The van der Waals surface area contributed by atoms with Gasteiger partial charge in [-0.3, -0.25) is 9.89 Å². The number of hydrogen-bond donors (Lipinski definition) is 2. The highest BCUT2D eigenvalue weighted by molar-refractivity contribution is 5.99. The molecule has 0 bridgehead atoms. The minimum absolute atomic E-state index is 0.0866. The second kappa shape index (κ2) is 8.86. The summed E-state index contributed by atoms with van der Waals surface area (Å²) < 4.78 is 10.7. The molecule has 2 N–H and O–H groups in total. The van der Waals surface area contributed by atoms with Crippen LogP contribution in [0.25, 0.3) is 11.3 Å². The van der Waals surface area contributed by atoms with Gasteiger partial charge in [-0.1, -0.05) is 6.42 Å². The molecule has 0 saturated carbocycles. The molecule has 4 rings (SSSR count). The molecule has 3 heterocycles. The minimum Gasteiger partial charge on any atom is -0.493 e. The molecule has 2 aromatic rings. The standard InChI is InChI=1S/C22H30N4O3/c1-28-19-9-8-15(12-20(19)29-2)21-17(14-24-25-21)22(27)23-13-16-6-5-11-26-10-4-3-7-18(16)26/h8-9,12,14,16,18H,3-7,10-11,13H2,1-2H3,(H,23,27)(H,24,25)/t16-,18+/m0/s1. The van der Waals surface area contributed by atoms with Crippen LogP contribution in [0.5, 0.6) is 11.5 Å². The van der Waals surface area contributed by atoms with E-state index >= 15 is 0 Å². The Morgan fingerprint density at radius 1 is 1.17 bits per heavy atom. The van der Waals surface area contributed by atoms with Crippen molar-refractivity contribution in [3.05, 3.63) is 30.0 Å². The Labute approximate surface area is 171 Å². The van der Waals surface area contributed by atoms with Crippen molar-refractivity contribution in [1.29, 1.82) is 0 Å². The van der Waals surface area contributed by atoms with Crippen molar-refractivity contribution in [3.63, 3.8) is 0 Å². The van der Waals surface area contributed by atoms with Crippen molar-refractivity contribution in [2.24, 2.45) is 5.92 Å². The van der Waals surface area contributed by atoms with Crippen LogP contribution in [0.4, 0.5) is 0 Å². The van der Waals surface area contributed by atoms with Crippen LogP contribution >= 0.6 is 0 Å². The van der Waals surface area contributed by atoms with Crippen LogP contribution in [0.3, 0.4) is 0 Å². The molecule has 2 atom stereocenters. The first-order valence-corrected chi connectivity index (χ1v) is 10.5. The van der Waals surface area contributed by atoms with Gasteiger partial charge in [0.1, 0.15) is 0 Å². The molecule has 2 aliphatic rings. The van der Waals surface area contributed by atoms with Gasteiger partial charge in [0.2, 0.25) is 0 Å². The fraction of sp³-hybridized carbons (Fsp3) is 0.545. The smallest absolute Gasteiger partial charge is 0.255 e. The number of H-pyrrole nitrogens is 1. The number of nitrogens with zero attached hydrogens (tertiary/aromatic N) is 2. The molecule has 7 nitrogen and oxygen atoms in total. The average Bonchev–Trinajstić information content (AvgIpc) is 3.27. The first-order chi connectivity index (χ1) is 14.2. The maximum atomic E-state index is 12.9. The Morgan fingerprint density at radius 2 is 2.00 bits per heavy atom. The van der Waals surface area contributed by atoms with Gasteiger partial charge in [-0.2, -0.15) is 5.10 Å². The molecular weight excluding hydrogens is 368 g/mol. The van der Waals surface area contributed by atoms with E-state index in [1.165, 1.54) is 45.2 Å². The number of fused-ring (bicyclic) bond motifs is 1. The number of aromatic nitrogens is 2. The zero-order valence-corrected chi connectivity index (χ0v) is 17.2. The third-order valence-corrected chi connectivity index (χ3v) is 6.31. The third-order valence-electron chi connectivity index (χ3n) is 6.31. The quantitative estimate of drug-likeness (QED) is 0.782. The fourth-order valence-electron chi connectivity index (χ4n) is 4.80. The lowest BCUT2D eigenvalue weighted by Crippen LogP contribution is -2.51. The molecule has 0 radical (unpaired) electrons. The van der Waals surface area contributed by atoms with E-state index in [-0.39, 0.29) is 5.91 Å². The predicted molar refractivity (Wildman–Crippen MR) is 111 cm³/mol. The molecule has 0 aliphatic carbocycles. The summed E-state index contributed by atoms with van der Waals surface area (Å²) in [5.41, 5.74) is 2.07. The Bertz CT molecular complexity index is 848. The van der Waals surface area contributed by atoms with Crippen LogP contribution in [-0.2, 0) is 0 Å². The monoisotopic (exact) mass is 398 g/mol. The number of benzene rings is 1. The van der Waals surface area contributed by atoms with Crippen molar-refractivity contribution >= 4 is 5.91 Å². The molecule has 1 aromatic heterocycles. The summed E-state index contributed by atoms with van der Waals surface area (Å²) in [5, 5.41) is 10.2. The third kappa shape index (κ3) is 4.10. The molecular formula is C22H30N4O3. The lowest BCUT2D eigenvalue weighted by molar-refractivity contribution is 0.0576. The van der Waals surface area contributed by atoms with Crippen LogP contribution in [-0.4, -0.2) is 60.9 Å². The van der Waals surface area contributed by atoms with E-state index in [4.69, 9.17) is 9.47 Å². The number of aromatic amines is 1. The van der Waals surface area contributed by atoms with Crippen LogP contribution in [0.2, 0.25) is 0 Å². The van der Waals surface area contributed by atoms with Gasteiger partial charge in [0.15, 0.2) is 11.5 Å². The van der Waals surface area contributed by atoms with Crippen molar-refractivity contribution in [1.82, 2.24) is 20.4 Å². The highest BCUT2D eigenvalue weighted by atomic mass is 16.5. The molecule has 29 heavy (non-hydrogen) atoms. The molecule has 2 aliphatic heterocycles. The van der Waals surface area contributed by atoms with Gasteiger partial charge < -0.3 is 19.7 Å². The Balaban J connectivity index is 1.46. The van der Waals surface area contributed by atoms with Gasteiger partial charge in [0.25, 0.3) is 5.91 Å². The highest BCUT2D eigenvalue weighted by Gasteiger charge is 2.33. The minimum atomic E-state index is -0.0866. The molecule has 2 fully saturated rings. The number of carbonyl (C=O) groups is 1. The summed E-state index contributed by atoms with van der Waals surface area (Å²) in [6.45, 7) is 3.14. The summed E-state index contributed by atoms with van der Waals surface area (Å²) in [4.78, 5) is 15.6. The van der Waals surface area contributed by atoms with E-state index in [2.05, 4.69) is 20.4 Å². The number of ether oxygens (including phenoxy) is 2. The SMILES string of the molecule is COc1ccc(-c2[nH]ncc2C(=O)NC[C@@H]2CCCN3CCCC[C@H]23)cc1OC. The lowest BCUT2D eigenvalue weighted by Gasteiger charge is -2.44. The first-order valence-electron chi connectivity index (χ1n) is 10.5. The zero-order chi connectivity index (χ0) is 20.2. The number of amides is 1. The van der Waals surface area contributed by atoms with Gasteiger partial charge in [0.05, 0.1) is 31.7 Å². The van der Waals surface area contributed by atoms with E-state index in [0.717, 1.165) is 12.1 Å². The van der Waals surface area contributed by atoms with Crippen molar-refractivity contribution in [3.8, 4) is 22.8 Å². The summed E-state index contributed by atoms with van der Waals surface area (Å²) in [5.74, 6) is 1.71. The average molecular weight is 399 g/mol. The molecule has 0 unspecified atom stereocenters. The summed E-state index contributed by atoms with van der Waals surface area (Å²) in [6, 6.07) is 6.19. The normalized spacial score (nSPS) is 22.0. The molecule has 2 saturated heterocycles. The summed E-state index contributed by atoms with van der Waals surface area (Å²) in [6.07, 6.45) is 7.86. The molecule has 0 spiro atoms. The van der Waals surface area contributed by atoms with Gasteiger partial charge in [-0.15, -0.1) is 0 Å². The van der Waals surface area contributed by atoms with Crippen LogP contribution in [0.15, 0.2) is 24.4 Å². The van der Waals surface area contributed by atoms with E-state index in [1.807, 2.05) is 18.2 Å². The second-order valence-corrected chi connectivity index (χ2v) is 7.94. The Hall–Kier alpha value is -2.54. The summed E-state index contributed by atoms with van der Waals surface area (Å²) >= 11 is 0. The highest BCUT2D eigenvalue weighted by Crippen LogP contribution is 2.33. The van der Waals surface area contributed by atoms with Gasteiger partial charge in [0, 0.05) is 18.2 Å². The van der Waals surface area contributed by atoms with Crippen molar-refractivity contribution < 1.29 is 14.3 Å². The molecule has 7 heteroatoms. The van der Waals surface area contributed by atoms with Crippen molar-refractivity contribution in [2.75, 3.05) is 33.9 Å². The topological polar surface area (TPSA) is 79.5 Å². The van der Waals surface area contributed by atoms with Crippen LogP contribution in [0, 0.1) is 5.92 Å². The van der Waals surface area contributed by atoms with Crippen LogP contribution < -0.4 is 14.8 Å². The first kappa shape index (κ1) is 19.8. The van der Waals surface area contributed by atoms with Crippen LogP contribution in [0.1, 0.15) is 42.5 Å². The Kier molecular flexibility index (Phi) is 6.04. The second-order valence-electron chi connectivity index (χ2n) is 7.94. The van der Waals surface area contributed by atoms with E-state index < -0.39 is 0 Å². The number of hydrogen-bond acceptors (Lipinski definition) is 5. The fourth-order valence-corrected chi connectivity index (χ4v) is 4.80. The number of methoxy groups -OCH3 is 2.